The normalized spacial score (nSPS) is 14.5. The number of rotatable bonds is 8. The fraction of sp³-hybridized carbons (Fsp3) is 1.00. The molecule has 0 aromatic carbocycles. The quantitative estimate of drug-likeness (QED) is 0.698. The standard InChI is InChI=1S/C11H25NO2S/c1-5-11(6-2)8-12-10(4)9-15(13,14)7-3/h10-12H,5-9H2,1-4H3. The van der Waals surface area contributed by atoms with E-state index in [1.807, 2.05) is 6.92 Å². The predicted octanol–water partition coefficient (Wildman–Crippen LogP) is 1.84. The van der Waals surface area contributed by atoms with Crippen molar-refractivity contribution >= 4 is 9.84 Å². The molecule has 0 aromatic heterocycles. The third kappa shape index (κ3) is 6.90. The van der Waals surface area contributed by atoms with E-state index in [0.29, 0.717) is 5.92 Å². The molecule has 4 heteroatoms. The minimum Gasteiger partial charge on any atom is -0.313 e. The number of hydrogen-bond acceptors (Lipinski definition) is 3. The van der Waals surface area contributed by atoms with Gasteiger partial charge in [0.1, 0.15) is 0 Å². The third-order valence-electron chi connectivity index (χ3n) is 2.85. The van der Waals surface area contributed by atoms with Crippen molar-refractivity contribution in [3.8, 4) is 0 Å². The summed E-state index contributed by atoms with van der Waals surface area (Å²) < 4.78 is 22.7. The average molecular weight is 235 g/mol. The topological polar surface area (TPSA) is 46.2 Å². The Morgan fingerprint density at radius 3 is 2.07 bits per heavy atom. The van der Waals surface area contributed by atoms with Crippen molar-refractivity contribution in [3.63, 3.8) is 0 Å². The SMILES string of the molecule is CCC(CC)CNC(C)CS(=O)(=O)CC. The Bertz CT molecular complexity index is 245. The molecule has 15 heavy (non-hydrogen) atoms. The van der Waals surface area contributed by atoms with E-state index in [1.54, 1.807) is 6.92 Å². The van der Waals surface area contributed by atoms with Gasteiger partial charge in [0.2, 0.25) is 0 Å². The fourth-order valence-electron chi connectivity index (χ4n) is 1.50. The lowest BCUT2D eigenvalue weighted by atomic mass is 10.0. The van der Waals surface area contributed by atoms with Crippen LogP contribution in [0.4, 0.5) is 0 Å². The zero-order valence-corrected chi connectivity index (χ0v) is 11.2. The van der Waals surface area contributed by atoms with Gasteiger partial charge in [-0.3, -0.25) is 0 Å². The monoisotopic (exact) mass is 235 g/mol. The lowest BCUT2D eigenvalue weighted by Crippen LogP contribution is -2.36. The second-order valence-corrected chi connectivity index (χ2v) is 6.59. The molecular formula is C11H25NO2S. The largest absolute Gasteiger partial charge is 0.313 e. The molecule has 0 rings (SSSR count). The molecule has 0 radical (unpaired) electrons. The minimum atomic E-state index is -2.84. The molecule has 0 aliphatic carbocycles. The first-order chi connectivity index (χ1) is 6.95. The Morgan fingerprint density at radius 2 is 1.67 bits per heavy atom. The third-order valence-corrected chi connectivity index (χ3v) is 4.74. The molecule has 0 saturated heterocycles. The molecule has 0 amide bonds. The Hall–Kier alpha value is -0.0900. The first-order valence-corrected chi connectivity index (χ1v) is 7.71. The molecule has 0 heterocycles. The highest BCUT2D eigenvalue weighted by atomic mass is 32.2. The molecule has 1 unspecified atom stereocenters. The van der Waals surface area contributed by atoms with Gasteiger partial charge in [-0.1, -0.05) is 33.6 Å². The number of sulfone groups is 1. The minimum absolute atomic E-state index is 0.0653. The van der Waals surface area contributed by atoms with Gasteiger partial charge >= 0.3 is 0 Å². The van der Waals surface area contributed by atoms with Crippen LogP contribution in [-0.4, -0.2) is 32.5 Å². The Kier molecular flexibility index (Phi) is 7.18. The van der Waals surface area contributed by atoms with Crippen molar-refractivity contribution in [2.75, 3.05) is 18.1 Å². The second-order valence-electron chi connectivity index (χ2n) is 4.19. The smallest absolute Gasteiger partial charge is 0.151 e. The van der Waals surface area contributed by atoms with E-state index < -0.39 is 9.84 Å². The maximum atomic E-state index is 11.4. The molecule has 0 aliphatic heterocycles. The Balaban J connectivity index is 3.89. The van der Waals surface area contributed by atoms with Crippen LogP contribution in [0.2, 0.25) is 0 Å². The van der Waals surface area contributed by atoms with Gasteiger partial charge in [0, 0.05) is 11.8 Å². The van der Waals surface area contributed by atoms with Crippen LogP contribution in [0.15, 0.2) is 0 Å². The molecular weight excluding hydrogens is 210 g/mol. The fourth-order valence-corrected chi connectivity index (χ4v) is 2.62. The summed E-state index contributed by atoms with van der Waals surface area (Å²) in [5.74, 6) is 1.16. The van der Waals surface area contributed by atoms with Crippen molar-refractivity contribution in [1.82, 2.24) is 5.32 Å². The van der Waals surface area contributed by atoms with Crippen molar-refractivity contribution in [2.24, 2.45) is 5.92 Å². The summed E-state index contributed by atoms with van der Waals surface area (Å²) in [5, 5.41) is 3.30. The van der Waals surface area contributed by atoms with Crippen LogP contribution in [0.1, 0.15) is 40.5 Å². The zero-order chi connectivity index (χ0) is 11.9. The molecule has 1 atom stereocenters. The molecule has 3 nitrogen and oxygen atoms in total. The van der Waals surface area contributed by atoms with Gasteiger partial charge in [0.15, 0.2) is 9.84 Å². The van der Waals surface area contributed by atoms with Crippen LogP contribution in [0, 0.1) is 5.92 Å². The van der Waals surface area contributed by atoms with Gasteiger partial charge in [-0.15, -0.1) is 0 Å². The highest BCUT2D eigenvalue weighted by Gasteiger charge is 2.14. The van der Waals surface area contributed by atoms with Crippen LogP contribution >= 0.6 is 0 Å². The molecule has 92 valence electrons. The molecule has 0 aliphatic rings. The highest BCUT2D eigenvalue weighted by Crippen LogP contribution is 2.06. The molecule has 0 spiro atoms. The molecule has 0 fully saturated rings. The van der Waals surface area contributed by atoms with Crippen LogP contribution in [0.3, 0.4) is 0 Å². The summed E-state index contributed by atoms with van der Waals surface area (Å²) in [4.78, 5) is 0. The van der Waals surface area contributed by atoms with Gasteiger partial charge in [-0.05, 0) is 19.4 Å². The van der Waals surface area contributed by atoms with Gasteiger partial charge in [0.05, 0.1) is 5.75 Å². The van der Waals surface area contributed by atoms with E-state index in [-0.39, 0.29) is 17.5 Å². The summed E-state index contributed by atoms with van der Waals surface area (Å²) in [6.07, 6.45) is 2.30. The van der Waals surface area contributed by atoms with Gasteiger partial charge < -0.3 is 5.32 Å². The van der Waals surface area contributed by atoms with Crippen LogP contribution in [0.5, 0.6) is 0 Å². The van der Waals surface area contributed by atoms with Gasteiger partial charge in [-0.2, -0.15) is 0 Å². The van der Waals surface area contributed by atoms with Crippen LogP contribution in [-0.2, 0) is 9.84 Å². The summed E-state index contributed by atoms with van der Waals surface area (Å²) in [6, 6.07) is 0.0653. The van der Waals surface area contributed by atoms with Crippen LogP contribution in [0.25, 0.3) is 0 Å². The number of nitrogens with one attached hydrogen (secondary N) is 1. The lowest BCUT2D eigenvalue weighted by molar-refractivity contribution is 0.427. The van der Waals surface area contributed by atoms with E-state index >= 15 is 0 Å². The van der Waals surface area contributed by atoms with E-state index in [2.05, 4.69) is 19.2 Å². The van der Waals surface area contributed by atoms with Crippen molar-refractivity contribution < 1.29 is 8.42 Å². The van der Waals surface area contributed by atoms with Gasteiger partial charge in [0.25, 0.3) is 0 Å². The van der Waals surface area contributed by atoms with Crippen molar-refractivity contribution in [2.45, 2.75) is 46.6 Å². The maximum absolute atomic E-state index is 11.4. The summed E-state index contributed by atoms with van der Waals surface area (Å²) in [5.41, 5.74) is 0. The summed E-state index contributed by atoms with van der Waals surface area (Å²) >= 11 is 0. The Labute approximate surface area is 94.6 Å². The summed E-state index contributed by atoms with van der Waals surface area (Å²) in [7, 11) is -2.84. The highest BCUT2D eigenvalue weighted by molar-refractivity contribution is 7.91. The van der Waals surface area contributed by atoms with Crippen LogP contribution < -0.4 is 5.32 Å². The average Bonchev–Trinajstić information content (AvgIpc) is 2.19. The first kappa shape index (κ1) is 14.9. The molecule has 1 N–H and O–H groups in total. The Morgan fingerprint density at radius 1 is 1.13 bits per heavy atom. The van der Waals surface area contributed by atoms with Crippen molar-refractivity contribution in [1.29, 1.82) is 0 Å². The van der Waals surface area contributed by atoms with Crippen molar-refractivity contribution in [3.05, 3.63) is 0 Å². The predicted molar refractivity (Wildman–Crippen MR) is 65.9 cm³/mol. The summed E-state index contributed by atoms with van der Waals surface area (Å²) in [6.45, 7) is 8.90. The molecule has 0 saturated carbocycles. The second kappa shape index (κ2) is 7.23. The molecule has 0 aromatic rings. The van der Waals surface area contributed by atoms with Gasteiger partial charge in [-0.25, -0.2) is 8.42 Å². The molecule has 0 bridgehead atoms. The zero-order valence-electron chi connectivity index (χ0n) is 10.4. The van der Waals surface area contributed by atoms with E-state index in [1.165, 1.54) is 0 Å². The first-order valence-electron chi connectivity index (χ1n) is 5.88. The maximum Gasteiger partial charge on any atom is 0.151 e. The van der Waals surface area contributed by atoms with E-state index in [0.717, 1.165) is 19.4 Å². The van der Waals surface area contributed by atoms with E-state index in [4.69, 9.17) is 0 Å². The number of hydrogen-bond donors (Lipinski definition) is 1. The van der Waals surface area contributed by atoms with E-state index in [9.17, 15) is 8.42 Å². The lowest BCUT2D eigenvalue weighted by Gasteiger charge is -2.18.